The van der Waals surface area contributed by atoms with Gasteiger partial charge in [-0.25, -0.2) is 9.18 Å². The number of carbonyl (C=O) groups excluding carboxylic acids is 1. The largest absolute Gasteiger partial charge is 0.487 e. The molecule has 1 fully saturated rings. The van der Waals surface area contributed by atoms with Crippen LogP contribution in [-0.4, -0.2) is 61.4 Å². The van der Waals surface area contributed by atoms with Gasteiger partial charge in [0.15, 0.2) is 11.6 Å². The van der Waals surface area contributed by atoms with Crippen molar-refractivity contribution >= 4 is 22.6 Å². The van der Waals surface area contributed by atoms with Crippen LogP contribution >= 0.6 is 0 Å². The van der Waals surface area contributed by atoms with E-state index in [1.807, 2.05) is 16.4 Å². The van der Waals surface area contributed by atoms with Gasteiger partial charge in [-0.3, -0.25) is 4.79 Å². The predicted octanol–water partition coefficient (Wildman–Crippen LogP) is 2.41. The van der Waals surface area contributed by atoms with Gasteiger partial charge in [-0.1, -0.05) is 6.92 Å². The normalized spacial score (nSPS) is 19.3. The summed E-state index contributed by atoms with van der Waals surface area (Å²) in [5, 5.41) is 0.144. The monoisotopic (exact) mass is 403 g/mol. The van der Waals surface area contributed by atoms with Crippen LogP contribution in [0.15, 0.2) is 17.1 Å². The van der Waals surface area contributed by atoms with Crippen LogP contribution in [0.3, 0.4) is 0 Å². The van der Waals surface area contributed by atoms with Crippen molar-refractivity contribution in [3.8, 4) is 5.75 Å². The summed E-state index contributed by atoms with van der Waals surface area (Å²) in [6, 6.07) is 1.14. The minimum absolute atomic E-state index is 0.0808. The number of rotatable bonds is 4. The average Bonchev–Trinajstić information content (AvgIpc) is 2.72. The third-order valence-corrected chi connectivity index (χ3v) is 5.77. The molecule has 7 nitrogen and oxygen atoms in total. The molecule has 4 rings (SSSR count). The standard InChI is InChI=1S/C21H26FN3O4/c1-4-23-6-8-24(9-7-23)18-16(22)10-14-17-20(18)29-12-13(3)25(17)11-15(19(14)26)21(27)28-5-2/h10-11,13H,4-9,12H2,1-3H3. The first kappa shape index (κ1) is 19.7. The van der Waals surface area contributed by atoms with Crippen molar-refractivity contribution in [3.63, 3.8) is 0 Å². The maximum absolute atomic E-state index is 15.2. The maximum Gasteiger partial charge on any atom is 0.343 e. The molecule has 3 heterocycles. The molecule has 0 saturated carbocycles. The molecule has 0 N–H and O–H groups in total. The highest BCUT2D eigenvalue weighted by atomic mass is 19.1. The molecule has 0 radical (unpaired) electrons. The van der Waals surface area contributed by atoms with Crippen LogP contribution in [-0.2, 0) is 4.74 Å². The summed E-state index contributed by atoms with van der Waals surface area (Å²) in [5.41, 5.74) is 0.325. The van der Waals surface area contributed by atoms with Gasteiger partial charge in [0.05, 0.1) is 23.6 Å². The van der Waals surface area contributed by atoms with Crippen LogP contribution in [0, 0.1) is 5.82 Å². The molecule has 0 bridgehead atoms. The molecule has 156 valence electrons. The number of benzene rings is 1. The quantitative estimate of drug-likeness (QED) is 0.731. The molecule has 0 aliphatic carbocycles. The van der Waals surface area contributed by atoms with E-state index in [9.17, 15) is 9.59 Å². The van der Waals surface area contributed by atoms with Crippen molar-refractivity contribution < 1.29 is 18.7 Å². The second kappa shape index (κ2) is 7.67. The topological polar surface area (TPSA) is 64.0 Å². The Labute approximate surface area is 168 Å². The lowest BCUT2D eigenvalue weighted by Gasteiger charge is -2.38. The highest BCUT2D eigenvalue weighted by molar-refractivity contribution is 5.98. The van der Waals surface area contributed by atoms with E-state index in [-0.39, 0.29) is 23.6 Å². The molecule has 1 atom stereocenters. The highest BCUT2D eigenvalue weighted by Crippen LogP contribution is 2.42. The van der Waals surface area contributed by atoms with Gasteiger partial charge in [0.1, 0.15) is 17.9 Å². The summed E-state index contributed by atoms with van der Waals surface area (Å²) in [5.74, 6) is -0.809. The summed E-state index contributed by atoms with van der Waals surface area (Å²) < 4.78 is 28.1. The number of anilines is 1. The van der Waals surface area contributed by atoms with Gasteiger partial charge >= 0.3 is 5.97 Å². The number of nitrogens with zero attached hydrogens (tertiary/aromatic N) is 3. The summed E-state index contributed by atoms with van der Waals surface area (Å²) in [7, 11) is 0. The van der Waals surface area contributed by atoms with Crippen molar-refractivity contribution in [2.75, 3.05) is 50.8 Å². The fourth-order valence-electron chi connectivity index (χ4n) is 4.15. The Morgan fingerprint density at radius 1 is 1.28 bits per heavy atom. The van der Waals surface area contributed by atoms with Crippen molar-refractivity contribution in [2.45, 2.75) is 26.8 Å². The van der Waals surface area contributed by atoms with Gasteiger partial charge in [-0.15, -0.1) is 0 Å². The molecule has 0 amide bonds. The number of esters is 1. The average molecular weight is 403 g/mol. The summed E-state index contributed by atoms with van der Waals surface area (Å²) in [6.07, 6.45) is 1.52. The SMILES string of the molecule is CCOC(=O)c1cn2c3c(c(N4CCN(CC)CC4)c(F)cc3c1=O)OCC2C. The Morgan fingerprint density at radius 3 is 2.66 bits per heavy atom. The number of pyridine rings is 1. The van der Waals surface area contributed by atoms with E-state index in [2.05, 4.69) is 11.8 Å². The van der Waals surface area contributed by atoms with E-state index >= 15 is 4.39 Å². The predicted molar refractivity (Wildman–Crippen MR) is 109 cm³/mol. The van der Waals surface area contributed by atoms with E-state index in [4.69, 9.17) is 9.47 Å². The lowest BCUT2D eigenvalue weighted by atomic mass is 10.1. The van der Waals surface area contributed by atoms with Crippen LogP contribution in [0.25, 0.3) is 10.9 Å². The smallest absolute Gasteiger partial charge is 0.343 e. The minimum Gasteiger partial charge on any atom is -0.487 e. The van der Waals surface area contributed by atoms with Crippen LogP contribution in [0.1, 0.15) is 37.2 Å². The van der Waals surface area contributed by atoms with Gasteiger partial charge < -0.3 is 23.8 Å². The molecular formula is C21H26FN3O4. The van der Waals surface area contributed by atoms with E-state index in [1.165, 1.54) is 12.3 Å². The molecular weight excluding hydrogens is 377 g/mol. The van der Waals surface area contributed by atoms with Crippen LogP contribution < -0.4 is 15.1 Å². The second-order valence-electron chi connectivity index (χ2n) is 7.51. The van der Waals surface area contributed by atoms with Crippen molar-refractivity contribution in [3.05, 3.63) is 33.9 Å². The molecule has 0 spiro atoms. The van der Waals surface area contributed by atoms with Gasteiger partial charge in [-0.2, -0.15) is 0 Å². The van der Waals surface area contributed by atoms with Crippen LogP contribution in [0.2, 0.25) is 0 Å². The molecule has 1 unspecified atom stereocenters. The summed E-state index contributed by atoms with van der Waals surface area (Å²) >= 11 is 0. The Kier molecular flexibility index (Phi) is 5.21. The molecule has 2 aliphatic heterocycles. The molecule has 1 aromatic heterocycles. The lowest BCUT2D eigenvalue weighted by molar-refractivity contribution is 0.0523. The fraction of sp³-hybridized carbons (Fsp3) is 0.524. The number of aromatic nitrogens is 1. The van der Waals surface area contributed by atoms with Gasteiger partial charge in [-0.05, 0) is 26.5 Å². The number of ether oxygens (including phenoxy) is 2. The van der Waals surface area contributed by atoms with E-state index in [0.717, 1.165) is 19.6 Å². The molecule has 2 aliphatic rings. The second-order valence-corrected chi connectivity index (χ2v) is 7.51. The summed E-state index contributed by atoms with van der Waals surface area (Å²) in [4.78, 5) is 29.5. The maximum atomic E-state index is 15.2. The lowest BCUT2D eigenvalue weighted by Crippen LogP contribution is -2.46. The molecule has 1 aromatic carbocycles. The highest BCUT2D eigenvalue weighted by Gasteiger charge is 2.31. The number of halogens is 1. The van der Waals surface area contributed by atoms with Crippen LogP contribution in [0.5, 0.6) is 5.75 Å². The fourth-order valence-corrected chi connectivity index (χ4v) is 4.15. The molecule has 2 aromatic rings. The zero-order valence-corrected chi connectivity index (χ0v) is 17.0. The first-order chi connectivity index (χ1) is 14.0. The van der Waals surface area contributed by atoms with E-state index in [0.29, 0.717) is 36.6 Å². The number of hydrogen-bond acceptors (Lipinski definition) is 6. The van der Waals surface area contributed by atoms with Gasteiger partial charge in [0.2, 0.25) is 5.43 Å². The third-order valence-electron chi connectivity index (χ3n) is 5.77. The number of likely N-dealkylation sites (N-methyl/N-ethyl adjacent to an activating group) is 1. The minimum atomic E-state index is -0.691. The number of piperazine rings is 1. The Hall–Kier alpha value is -2.61. The zero-order valence-electron chi connectivity index (χ0n) is 17.0. The molecule has 29 heavy (non-hydrogen) atoms. The number of carbonyl (C=O) groups is 1. The van der Waals surface area contributed by atoms with Crippen molar-refractivity contribution in [1.82, 2.24) is 9.47 Å². The van der Waals surface area contributed by atoms with Crippen LogP contribution in [0.4, 0.5) is 10.1 Å². The van der Waals surface area contributed by atoms with E-state index < -0.39 is 17.2 Å². The third kappa shape index (κ3) is 3.25. The van der Waals surface area contributed by atoms with Crippen molar-refractivity contribution in [2.24, 2.45) is 0 Å². The van der Waals surface area contributed by atoms with Gasteiger partial charge in [0.25, 0.3) is 0 Å². The molecule has 1 saturated heterocycles. The first-order valence-electron chi connectivity index (χ1n) is 10.1. The number of hydrogen-bond donors (Lipinski definition) is 0. The summed E-state index contributed by atoms with van der Waals surface area (Å²) in [6.45, 7) is 10.3. The molecule has 8 heteroatoms. The van der Waals surface area contributed by atoms with Crippen molar-refractivity contribution in [1.29, 1.82) is 0 Å². The Balaban J connectivity index is 1.90. The Morgan fingerprint density at radius 2 is 2.00 bits per heavy atom. The van der Waals surface area contributed by atoms with E-state index in [1.54, 1.807) is 6.92 Å². The zero-order chi connectivity index (χ0) is 20.7. The Bertz CT molecular complexity index is 1010. The first-order valence-corrected chi connectivity index (χ1v) is 10.1. The van der Waals surface area contributed by atoms with Gasteiger partial charge in [0, 0.05) is 32.4 Å².